The predicted octanol–water partition coefficient (Wildman–Crippen LogP) is -1.21. The minimum atomic E-state index is -3.65. The third-order valence-electron chi connectivity index (χ3n) is 1.90. The highest BCUT2D eigenvalue weighted by Crippen LogP contribution is 2.11. The maximum absolute atomic E-state index is 11.9. The maximum atomic E-state index is 11.9. The van der Waals surface area contributed by atoms with E-state index < -0.39 is 10.0 Å². The molecule has 0 aromatic carbocycles. The van der Waals surface area contributed by atoms with Gasteiger partial charge in [0.1, 0.15) is 4.90 Å². The summed E-state index contributed by atoms with van der Waals surface area (Å²) in [6.45, 7) is -0.187. The van der Waals surface area contributed by atoms with Crippen molar-refractivity contribution in [3.63, 3.8) is 0 Å². The molecule has 3 N–H and O–H groups in total. The molecule has 0 amide bonds. The van der Waals surface area contributed by atoms with Crippen LogP contribution in [0.4, 0.5) is 0 Å². The Bertz CT molecular complexity index is 492. The standard InChI is InChI=1S/C7H13N5O3S/c1-11-4-6(3-9-11)16(14,15)12(2)5-7(8)10-13/h3-4,13H,5H2,1-2H3,(H2,8,10). The highest BCUT2D eigenvalue weighted by atomic mass is 32.2. The van der Waals surface area contributed by atoms with Gasteiger partial charge in [0.15, 0.2) is 5.84 Å². The van der Waals surface area contributed by atoms with Gasteiger partial charge in [0.25, 0.3) is 0 Å². The first-order valence-electron chi connectivity index (χ1n) is 4.29. The van der Waals surface area contributed by atoms with Crippen molar-refractivity contribution < 1.29 is 13.6 Å². The maximum Gasteiger partial charge on any atom is 0.246 e. The SMILES string of the molecule is CN(CC(N)=NO)S(=O)(=O)c1cnn(C)c1. The van der Waals surface area contributed by atoms with Crippen LogP contribution in [0.5, 0.6) is 0 Å². The van der Waals surface area contributed by atoms with Crippen LogP contribution in [0.15, 0.2) is 22.4 Å². The molecule has 8 nitrogen and oxygen atoms in total. The molecule has 90 valence electrons. The van der Waals surface area contributed by atoms with Crippen LogP contribution in [-0.4, -0.2) is 47.1 Å². The number of amidine groups is 1. The molecule has 0 aliphatic heterocycles. The largest absolute Gasteiger partial charge is 0.409 e. The Kier molecular flexibility index (Phi) is 3.50. The average Bonchev–Trinajstić information content (AvgIpc) is 2.65. The van der Waals surface area contributed by atoms with Gasteiger partial charge in [-0.05, 0) is 0 Å². The Morgan fingerprint density at radius 2 is 2.38 bits per heavy atom. The van der Waals surface area contributed by atoms with Crippen LogP contribution in [0.2, 0.25) is 0 Å². The molecule has 0 spiro atoms. The molecule has 0 aliphatic carbocycles. The first kappa shape index (κ1) is 12.5. The van der Waals surface area contributed by atoms with Crippen LogP contribution < -0.4 is 5.73 Å². The molecule has 0 aliphatic rings. The number of aromatic nitrogens is 2. The van der Waals surface area contributed by atoms with E-state index in [4.69, 9.17) is 10.9 Å². The van der Waals surface area contributed by atoms with E-state index in [2.05, 4.69) is 10.3 Å². The van der Waals surface area contributed by atoms with E-state index in [9.17, 15) is 8.42 Å². The van der Waals surface area contributed by atoms with Gasteiger partial charge in [-0.15, -0.1) is 0 Å². The molecular formula is C7H13N5O3S. The molecule has 1 aromatic heterocycles. The van der Waals surface area contributed by atoms with E-state index in [1.54, 1.807) is 7.05 Å². The third kappa shape index (κ3) is 2.49. The van der Waals surface area contributed by atoms with Gasteiger partial charge in [-0.25, -0.2) is 8.42 Å². The molecule has 9 heteroatoms. The lowest BCUT2D eigenvalue weighted by atomic mass is 10.6. The first-order chi connectivity index (χ1) is 7.37. The summed E-state index contributed by atoms with van der Waals surface area (Å²) in [5, 5.41) is 14.8. The predicted molar refractivity (Wildman–Crippen MR) is 56.4 cm³/mol. The molecule has 0 bridgehead atoms. The molecular weight excluding hydrogens is 234 g/mol. The fraction of sp³-hybridized carbons (Fsp3) is 0.429. The Labute approximate surface area is 93.0 Å². The summed E-state index contributed by atoms with van der Waals surface area (Å²) in [5.74, 6) is -0.185. The average molecular weight is 247 g/mol. The molecule has 1 aromatic rings. The molecule has 0 unspecified atom stereocenters. The Morgan fingerprint density at radius 3 is 2.81 bits per heavy atom. The summed E-state index contributed by atoms with van der Waals surface area (Å²) in [6, 6.07) is 0. The third-order valence-corrected chi connectivity index (χ3v) is 3.66. The van der Waals surface area contributed by atoms with E-state index in [1.807, 2.05) is 0 Å². The second-order valence-electron chi connectivity index (χ2n) is 3.20. The lowest BCUT2D eigenvalue weighted by Crippen LogP contribution is -2.35. The number of likely N-dealkylation sites (N-methyl/N-ethyl adjacent to an activating group) is 1. The molecule has 16 heavy (non-hydrogen) atoms. The monoisotopic (exact) mass is 247 g/mol. The molecule has 0 radical (unpaired) electrons. The van der Waals surface area contributed by atoms with Gasteiger partial charge in [-0.1, -0.05) is 5.16 Å². The number of nitrogens with two attached hydrogens (primary N) is 1. The van der Waals surface area contributed by atoms with Crippen LogP contribution in [-0.2, 0) is 17.1 Å². The lowest BCUT2D eigenvalue weighted by molar-refractivity contribution is 0.315. The number of sulfonamides is 1. The minimum absolute atomic E-state index is 0.0586. The van der Waals surface area contributed by atoms with Gasteiger partial charge >= 0.3 is 0 Å². The highest BCUT2D eigenvalue weighted by Gasteiger charge is 2.22. The summed E-state index contributed by atoms with van der Waals surface area (Å²) >= 11 is 0. The topological polar surface area (TPSA) is 114 Å². The number of rotatable bonds is 4. The number of hydrogen-bond acceptors (Lipinski definition) is 5. The molecule has 0 atom stereocenters. The molecule has 0 saturated carbocycles. The summed E-state index contributed by atoms with van der Waals surface area (Å²) in [5.41, 5.74) is 5.23. The van der Waals surface area contributed by atoms with Crippen LogP contribution in [0.25, 0.3) is 0 Å². The van der Waals surface area contributed by atoms with E-state index in [0.717, 1.165) is 4.31 Å². The van der Waals surface area contributed by atoms with E-state index in [0.29, 0.717) is 0 Å². The minimum Gasteiger partial charge on any atom is -0.409 e. The van der Waals surface area contributed by atoms with Crippen molar-refractivity contribution in [1.82, 2.24) is 14.1 Å². The van der Waals surface area contributed by atoms with Crippen molar-refractivity contribution in [3.8, 4) is 0 Å². The van der Waals surface area contributed by atoms with E-state index >= 15 is 0 Å². The van der Waals surface area contributed by atoms with Gasteiger partial charge in [0, 0.05) is 20.3 Å². The normalized spacial score (nSPS) is 13.3. The summed E-state index contributed by atoms with van der Waals surface area (Å²) in [4.78, 5) is 0.0586. The smallest absolute Gasteiger partial charge is 0.246 e. The summed E-state index contributed by atoms with van der Waals surface area (Å²) in [7, 11) is -0.698. The van der Waals surface area contributed by atoms with Gasteiger partial charge in [-0.2, -0.15) is 9.40 Å². The first-order valence-corrected chi connectivity index (χ1v) is 5.73. The fourth-order valence-electron chi connectivity index (χ4n) is 1.06. The summed E-state index contributed by atoms with van der Waals surface area (Å²) in [6.07, 6.45) is 2.61. The van der Waals surface area contributed by atoms with Gasteiger partial charge in [-0.3, -0.25) is 4.68 Å². The van der Waals surface area contributed by atoms with Gasteiger partial charge in [0.2, 0.25) is 10.0 Å². The van der Waals surface area contributed by atoms with Crippen molar-refractivity contribution >= 4 is 15.9 Å². The zero-order valence-corrected chi connectivity index (χ0v) is 9.72. The van der Waals surface area contributed by atoms with Crippen molar-refractivity contribution in [2.75, 3.05) is 13.6 Å². The number of nitrogens with zero attached hydrogens (tertiary/aromatic N) is 4. The summed E-state index contributed by atoms with van der Waals surface area (Å²) < 4.78 is 26.1. The molecule has 1 heterocycles. The van der Waals surface area contributed by atoms with Crippen molar-refractivity contribution in [2.45, 2.75) is 4.90 Å². The van der Waals surface area contributed by atoms with Crippen molar-refractivity contribution in [1.29, 1.82) is 0 Å². The lowest BCUT2D eigenvalue weighted by Gasteiger charge is -2.14. The Balaban J connectivity index is 2.94. The van der Waals surface area contributed by atoms with Crippen molar-refractivity contribution in [2.24, 2.45) is 17.9 Å². The van der Waals surface area contributed by atoms with E-state index in [1.165, 1.54) is 24.1 Å². The molecule has 1 rings (SSSR count). The number of oxime groups is 1. The second-order valence-corrected chi connectivity index (χ2v) is 5.25. The van der Waals surface area contributed by atoms with Crippen LogP contribution >= 0.6 is 0 Å². The Morgan fingerprint density at radius 1 is 1.75 bits per heavy atom. The zero-order chi connectivity index (χ0) is 12.3. The highest BCUT2D eigenvalue weighted by molar-refractivity contribution is 7.89. The van der Waals surface area contributed by atoms with Gasteiger partial charge < -0.3 is 10.9 Å². The van der Waals surface area contributed by atoms with Crippen LogP contribution in [0.3, 0.4) is 0 Å². The van der Waals surface area contributed by atoms with Crippen LogP contribution in [0, 0.1) is 0 Å². The number of hydrogen-bond donors (Lipinski definition) is 2. The Hall–Kier alpha value is -1.61. The van der Waals surface area contributed by atoms with E-state index in [-0.39, 0.29) is 17.3 Å². The van der Waals surface area contributed by atoms with Gasteiger partial charge in [0.05, 0.1) is 12.7 Å². The quantitative estimate of drug-likeness (QED) is 0.300. The van der Waals surface area contributed by atoms with Crippen molar-refractivity contribution in [3.05, 3.63) is 12.4 Å². The fourth-order valence-corrected chi connectivity index (χ4v) is 2.18. The number of aryl methyl sites for hydroxylation is 1. The van der Waals surface area contributed by atoms with Crippen LogP contribution in [0.1, 0.15) is 0 Å². The zero-order valence-electron chi connectivity index (χ0n) is 8.90. The molecule has 0 fully saturated rings. The second kappa shape index (κ2) is 4.49. The molecule has 0 saturated heterocycles.